The van der Waals surface area contributed by atoms with Gasteiger partial charge in [0.1, 0.15) is 0 Å². The Balaban J connectivity index is 1.69. The molecule has 0 aliphatic heterocycles. The Morgan fingerprint density at radius 3 is 2.88 bits per heavy atom. The van der Waals surface area contributed by atoms with Crippen LogP contribution in [0.2, 0.25) is 5.02 Å². The molecule has 0 bridgehead atoms. The zero-order chi connectivity index (χ0) is 17.6. The van der Waals surface area contributed by atoms with Gasteiger partial charge >= 0.3 is 0 Å². The summed E-state index contributed by atoms with van der Waals surface area (Å²) in [4.78, 5) is 14.6. The maximum Gasteiger partial charge on any atom is 0.226 e. The summed E-state index contributed by atoms with van der Waals surface area (Å²) in [5, 5.41) is 0.747. The van der Waals surface area contributed by atoms with Gasteiger partial charge in [0.05, 0.1) is 6.54 Å². The molecular weight excluding hydrogens is 336 g/mol. The third-order valence-electron chi connectivity index (χ3n) is 4.53. The van der Waals surface area contributed by atoms with Crippen molar-refractivity contribution in [2.45, 2.75) is 32.4 Å². The number of hydrogen-bond acceptors (Lipinski definition) is 2. The van der Waals surface area contributed by atoms with Gasteiger partial charge in [-0.3, -0.25) is 4.79 Å². The van der Waals surface area contributed by atoms with Gasteiger partial charge < -0.3 is 14.2 Å². The molecule has 4 nitrogen and oxygen atoms in total. The van der Waals surface area contributed by atoms with E-state index in [0.29, 0.717) is 13.2 Å². The quantitative estimate of drug-likeness (QED) is 0.634. The van der Waals surface area contributed by atoms with E-state index >= 15 is 0 Å². The minimum absolute atomic E-state index is 0.235. The summed E-state index contributed by atoms with van der Waals surface area (Å²) in [6.45, 7) is 2.82. The van der Waals surface area contributed by atoms with Crippen molar-refractivity contribution >= 4 is 17.5 Å². The molecule has 1 aromatic carbocycles. The number of nitrogens with zero attached hydrogens (tertiary/aromatic N) is 2. The number of halogens is 1. The Morgan fingerprint density at radius 2 is 2.16 bits per heavy atom. The Kier molecular flexibility index (Phi) is 6.16. The second kappa shape index (κ2) is 8.54. The summed E-state index contributed by atoms with van der Waals surface area (Å²) in [7, 11) is 1.70. The summed E-state index contributed by atoms with van der Waals surface area (Å²) >= 11 is 6.09. The average molecular weight is 361 g/mol. The van der Waals surface area contributed by atoms with Gasteiger partial charge in [-0.15, -0.1) is 0 Å². The maximum absolute atomic E-state index is 12.6. The first-order valence-electron chi connectivity index (χ1n) is 8.83. The SMILES string of the molecule is COCCCN(Cc1cccn1Cc1cccc(Cl)c1)C(=O)C1CC1. The molecular formula is C20H25ClN2O2. The van der Waals surface area contributed by atoms with Crippen molar-refractivity contribution < 1.29 is 9.53 Å². The first kappa shape index (κ1) is 18.0. The molecule has 25 heavy (non-hydrogen) atoms. The van der Waals surface area contributed by atoms with Gasteiger partial charge in [0.2, 0.25) is 5.91 Å². The molecule has 0 atom stereocenters. The molecule has 0 saturated heterocycles. The van der Waals surface area contributed by atoms with Crippen molar-refractivity contribution in [2.24, 2.45) is 5.92 Å². The van der Waals surface area contributed by atoms with Crippen molar-refractivity contribution in [3.63, 3.8) is 0 Å². The highest BCUT2D eigenvalue weighted by atomic mass is 35.5. The van der Waals surface area contributed by atoms with Gasteiger partial charge in [-0.05, 0) is 49.1 Å². The molecule has 5 heteroatoms. The molecule has 1 amide bonds. The molecule has 2 aromatic rings. The van der Waals surface area contributed by atoms with Gasteiger partial charge in [0.25, 0.3) is 0 Å². The van der Waals surface area contributed by atoms with E-state index in [4.69, 9.17) is 16.3 Å². The number of benzene rings is 1. The van der Waals surface area contributed by atoms with E-state index in [1.165, 1.54) is 0 Å². The number of methoxy groups -OCH3 is 1. The Labute approximate surface area is 154 Å². The number of ether oxygens (including phenoxy) is 1. The van der Waals surface area contributed by atoms with Gasteiger partial charge in [-0.25, -0.2) is 0 Å². The standard InChI is InChI=1S/C20H25ClN2O2/c1-25-12-4-11-23(20(24)17-8-9-17)15-19-7-3-10-22(19)14-16-5-2-6-18(21)13-16/h2-3,5-7,10,13,17H,4,8-9,11-12,14-15H2,1H3. The minimum atomic E-state index is 0.235. The van der Waals surface area contributed by atoms with Gasteiger partial charge in [-0.1, -0.05) is 23.7 Å². The third-order valence-corrected chi connectivity index (χ3v) is 4.77. The van der Waals surface area contributed by atoms with E-state index < -0.39 is 0 Å². The first-order valence-corrected chi connectivity index (χ1v) is 9.21. The Morgan fingerprint density at radius 1 is 1.32 bits per heavy atom. The molecule has 1 aliphatic rings. The van der Waals surface area contributed by atoms with E-state index in [-0.39, 0.29) is 11.8 Å². The fourth-order valence-electron chi connectivity index (χ4n) is 3.03. The van der Waals surface area contributed by atoms with Crippen LogP contribution in [0.5, 0.6) is 0 Å². The lowest BCUT2D eigenvalue weighted by Crippen LogP contribution is -2.34. The van der Waals surface area contributed by atoms with Crippen molar-refractivity contribution in [3.05, 3.63) is 58.9 Å². The molecule has 0 unspecified atom stereocenters. The number of rotatable bonds is 9. The molecule has 3 rings (SSSR count). The van der Waals surface area contributed by atoms with E-state index in [1.54, 1.807) is 7.11 Å². The minimum Gasteiger partial charge on any atom is -0.385 e. The first-order chi connectivity index (χ1) is 12.2. The largest absolute Gasteiger partial charge is 0.385 e. The number of aromatic nitrogens is 1. The molecule has 1 aromatic heterocycles. The highest BCUT2D eigenvalue weighted by Crippen LogP contribution is 2.31. The van der Waals surface area contributed by atoms with Crippen LogP contribution in [0.15, 0.2) is 42.6 Å². The summed E-state index contributed by atoms with van der Waals surface area (Å²) in [6.07, 6.45) is 4.99. The van der Waals surface area contributed by atoms with Crippen LogP contribution in [-0.2, 0) is 22.6 Å². The average Bonchev–Trinajstić information content (AvgIpc) is 3.36. The normalized spacial score (nSPS) is 13.8. The molecule has 0 N–H and O–H groups in total. The molecule has 1 fully saturated rings. The fraction of sp³-hybridized carbons (Fsp3) is 0.450. The van der Waals surface area contributed by atoms with Gasteiger partial charge in [0, 0.05) is 49.6 Å². The molecule has 134 valence electrons. The number of carbonyl (C=O) groups is 1. The van der Waals surface area contributed by atoms with Crippen molar-refractivity contribution in [1.29, 1.82) is 0 Å². The van der Waals surface area contributed by atoms with Gasteiger partial charge in [0.15, 0.2) is 0 Å². The van der Waals surface area contributed by atoms with E-state index in [0.717, 1.165) is 48.6 Å². The van der Waals surface area contributed by atoms with Crippen molar-refractivity contribution in [3.8, 4) is 0 Å². The summed E-state index contributed by atoms with van der Waals surface area (Å²) in [6, 6.07) is 12.0. The summed E-state index contributed by atoms with van der Waals surface area (Å²) in [5.41, 5.74) is 2.30. The lowest BCUT2D eigenvalue weighted by atomic mass is 10.2. The van der Waals surface area contributed by atoms with Crippen LogP contribution >= 0.6 is 11.6 Å². The zero-order valence-electron chi connectivity index (χ0n) is 14.7. The van der Waals surface area contributed by atoms with Crippen LogP contribution < -0.4 is 0 Å². The monoisotopic (exact) mass is 360 g/mol. The van der Waals surface area contributed by atoms with E-state index in [1.807, 2.05) is 29.2 Å². The molecule has 1 aliphatic carbocycles. The number of hydrogen-bond donors (Lipinski definition) is 0. The predicted octanol–water partition coefficient (Wildman–Crippen LogP) is 3.96. The second-order valence-corrected chi connectivity index (χ2v) is 7.07. The van der Waals surface area contributed by atoms with E-state index in [2.05, 4.69) is 22.9 Å². The number of carbonyl (C=O) groups excluding carboxylic acids is 1. The molecule has 1 heterocycles. The van der Waals surface area contributed by atoms with Crippen LogP contribution in [0.3, 0.4) is 0 Å². The Hall–Kier alpha value is -1.78. The number of amides is 1. The second-order valence-electron chi connectivity index (χ2n) is 6.64. The molecule has 1 saturated carbocycles. The fourth-order valence-corrected chi connectivity index (χ4v) is 3.24. The van der Waals surface area contributed by atoms with Crippen LogP contribution in [0.25, 0.3) is 0 Å². The summed E-state index contributed by atoms with van der Waals surface area (Å²) < 4.78 is 7.33. The smallest absolute Gasteiger partial charge is 0.226 e. The highest BCUT2D eigenvalue weighted by Gasteiger charge is 2.33. The topological polar surface area (TPSA) is 34.5 Å². The Bertz CT molecular complexity index is 709. The molecule has 0 spiro atoms. The zero-order valence-corrected chi connectivity index (χ0v) is 15.4. The maximum atomic E-state index is 12.6. The third kappa shape index (κ3) is 5.10. The van der Waals surface area contributed by atoms with Crippen molar-refractivity contribution in [2.75, 3.05) is 20.3 Å². The lowest BCUT2D eigenvalue weighted by molar-refractivity contribution is -0.133. The predicted molar refractivity (Wildman–Crippen MR) is 99.6 cm³/mol. The van der Waals surface area contributed by atoms with Gasteiger partial charge in [-0.2, -0.15) is 0 Å². The van der Waals surface area contributed by atoms with Crippen molar-refractivity contribution in [1.82, 2.24) is 9.47 Å². The molecule has 0 radical (unpaired) electrons. The van der Waals surface area contributed by atoms with E-state index in [9.17, 15) is 4.79 Å². The lowest BCUT2D eigenvalue weighted by Gasteiger charge is -2.23. The van der Waals surface area contributed by atoms with Crippen LogP contribution in [-0.4, -0.2) is 35.6 Å². The van der Waals surface area contributed by atoms with Crippen LogP contribution in [0.1, 0.15) is 30.5 Å². The van der Waals surface area contributed by atoms with Crippen LogP contribution in [0, 0.1) is 5.92 Å². The highest BCUT2D eigenvalue weighted by molar-refractivity contribution is 6.30. The van der Waals surface area contributed by atoms with Crippen LogP contribution in [0.4, 0.5) is 0 Å². The summed E-state index contributed by atoms with van der Waals surface area (Å²) in [5.74, 6) is 0.519.